The quantitative estimate of drug-likeness (QED) is 0.711. The third-order valence-corrected chi connectivity index (χ3v) is 3.29. The molecule has 0 aliphatic rings. The summed E-state index contributed by atoms with van der Waals surface area (Å²) in [6.07, 6.45) is 2.50. The molecule has 1 aromatic rings. The van der Waals surface area contributed by atoms with Gasteiger partial charge in [0.05, 0.1) is 6.54 Å². The van der Waals surface area contributed by atoms with Gasteiger partial charge in [0.1, 0.15) is 0 Å². The van der Waals surface area contributed by atoms with Gasteiger partial charge >= 0.3 is 0 Å². The van der Waals surface area contributed by atoms with Crippen molar-refractivity contribution in [3.63, 3.8) is 0 Å². The van der Waals surface area contributed by atoms with Crippen LogP contribution in [0, 0.1) is 6.92 Å². The molecule has 0 spiro atoms. The predicted molar refractivity (Wildman–Crippen MR) is 82.1 cm³/mol. The summed E-state index contributed by atoms with van der Waals surface area (Å²) >= 11 is 0. The smallest absolute Gasteiger partial charge is 0.251 e. The zero-order chi connectivity index (χ0) is 15.7. The Morgan fingerprint density at radius 2 is 1.81 bits per heavy atom. The first-order valence-electron chi connectivity index (χ1n) is 7.24. The molecule has 0 radical (unpaired) electrons. The summed E-state index contributed by atoms with van der Waals surface area (Å²) in [6, 6.07) is 7.22. The van der Waals surface area contributed by atoms with Crippen LogP contribution in [0.4, 0.5) is 0 Å². The summed E-state index contributed by atoms with van der Waals surface area (Å²) in [5.41, 5.74) is 1.64. The van der Waals surface area contributed by atoms with Gasteiger partial charge in [-0.2, -0.15) is 0 Å². The van der Waals surface area contributed by atoms with Crippen molar-refractivity contribution in [3.05, 3.63) is 35.4 Å². The maximum atomic E-state index is 11.9. The average molecular weight is 292 g/mol. The van der Waals surface area contributed by atoms with E-state index < -0.39 is 0 Å². The number of nitrogens with zero attached hydrogens (tertiary/aromatic N) is 1. The van der Waals surface area contributed by atoms with Crippen LogP contribution in [-0.2, 0) is 4.79 Å². The lowest BCUT2D eigenvalue weighted by Gasteiger charge is -2.17. The summed E-state index contributed by atoms with van der Waals surface area (Å²) in [5.74, 6) is -0.350. The molecule has 5 nitrogen and oxygen atoms in total. The first kappa shape index (κ1) is 17.2. The predicted octanol–water partition coefficient (Wildman–Crippen LogP) is 1.35. The molecule has 0 heterocycles. The number of benzene rings is 1. The SMILES string of the molecule is Cc1ccc(C(=O)NCC(=O)N(C)CCCCCO)cc1. The number of hydrogen-bond donors (Lipinski definition) is 2. The number of nitrogens with one attached hydrogen (secondary N) is 1. The van der Waals surface area contributed by atoms with Gasteiger partial charge in [0.2, 0.25) is 5.91 Å². The van der Waals surface area contributed by atoms with Gasteiger partial charge in [-0.3, -0.25) is 9.59 Å². The highest BCUT2D eigenvalue weighted by atomic mass is 16.3. The number of aryl methyl sites for hydroxylation is 1. The van der Waals surface area contributed by atoms with Crippen LogP contribution in [0.25, 0.3) is 0 Å². The van der Waals surface area contributed by atoms with E-state index in [1.807, 2.05) is 19.1 Å². The number of hydrogen-bond acceptors (Lipinski definition) is 3. The summed E-state index contributed by atoms with van der Waals surface area (Å²) in [4.78, 5) is 25.3. The molecule has 21 heavy (non-hydrogen) atoms. The van der Waals surface area contributed by atoms with Gasteiger partial charge in [-0.05, 0) is 38.3 Å². The zero-order valence-electron chi connectivity index (χ0n) is 12.8. The molecule has 1 aromatic carbocycles. The zero-order valence-corrected chi connectivity index (χ0v) is 12.8. The van der Waals surface area contributed by atoms with Crippen molar-refractivity contribution in [3.8, 4) is 0 Å². The van der Waals surface area contributed by atoms with Crippen molar-refractivity contribution in [1.82, 2.24) is 10.2 Å². The van der Waals surface area contributed by atoms with E-state index >= 15 is 0 Å². The van der Waals surface area contributed by atoms with Crippen molar-refractivity contribution >= 4 is 11.8 Å². The molecule has 2 N–H and O–H groups in total. The topological polar surface area (TPSA) is 69.6 Å². The van der Waals surface area contributed by atoms with E-state index in [1.165, 1.54) is 0 Å². The van der Waals surface area contributed by atoms with Gasteiger partial charge in [-0.15, -0.1) is 0 Å². The van der Waals surface area contributed by atoms with Crippen LogP contribution in [0.3, 0.4) is 0 Å². The van der Waals surface area contributed by atoms with Gasteiger partial charge in [0.15, 0.2) is 0 Å². The molecule has 0 fully saturated rings. The molecule has 0 saturated carbocycles. The van der Waals surface area contributed by atoms with Crippen molar-refractivity contribution in [1.29, 1.82) is 0 Å². The van der Waals surface area contributed by atoms with Crippen LogP contribution in [0.1, 0.15) is 35.2 Å². The van der Waals surface area contributed by atoms with E-state index in [4.69, 9.17) is 5.11 Å². The monoisotopic (exact) mass is 292 g/mol. The minimum atomic E-state index is -0.239. The molecule has 1 rings (SSSR count). The van der Waals surface area contributed by atoms with Crippen LogP contribution in [0.2, 0.25) is 0 Å². The summed E-state index contributed by atoms with van der Waals surface area (Å²) < 4.78 is 0. The van der Waals surface area contributed by atoms with Crippen LogP contribution in [0.5, 0.6) is 0 Å². The van der Waals surface area contributed by atoms with Gasteiger partial charge in [0, 0.05) is 25.8 Å². The van der Waals surface area contributed by atoms with Gasteiger partial charge in [-0.1, -0.05) is 17.7 Å². The maximum Gasteiger partial charge on any atom is 0.251 e. The molecule has 0 aromatic heterocycles. The third-order valence-electron chi connectivity index (χ3n) is 3.29. The Bertz CT molecular complexity index is 457. The van der Waals surface area contributed by atoms with Crippen molar-refractivity contribution in [2.24, 2.45) is 0 Å². The number of aliphatic hydroxyl groups is 1. The molecule has 0 aliphatic heterocycles. The van der Waals surface area contributed by atoms with Crippen molar-refractivity contribution < 1.29 is 14.7 Å². The second-order valence-electron chi connectivity index (χ2n) is 5.15. The van der Waals surface area contributed by atoms with Crippen LogP contribution >= 0.6 is 0 Å². The largest absolute Gasteiger partial charge is 0.396 e. The molecule has 0 atom stereocenters. The fourth-order valence-electron chi connectivity index (χ4n) is 1.86. The molecule has 116 valence electrons. The second kappa shape index (κ2) is 9.13. The summed E-state index contributed by atoms with van der Waals surface area (Å²) in [7, 11) is 1.72. The molecule has 5 heteroatoms. The highest BCUT2D eigenvalue weighted by Gasteiger charge is 2.11. The highest BCUT2D eigenvalue weighted by Crippen LogP contribution is 2.02. The molecular weight excluding hydrogens is 268 g/mol. The molecule has 0 aliphatic carbocycles. The first-order valence-corrected chi connectivity index (χ1v) is 7.24. The summed E-state index contributed by atoms with van der Waals surface area (Å²) in [6.45, 7) is 2.78. The fraction of sp³-hybridized carbons (Fsp3) is 0.500. The number of unbranched alkanes of at least 4 members (excludes halogenated alkanes) is 2. The van der Waals surface area contributed by atoms with E-state index in [9.17, 15) is 9.59 Å². The first-order chi connectivity index (χ1) is 10.0. The van der Waals surface area contributed by atoms with E-state index in [0.29, 0.717) is 12.1 Å². The van der Waals surface area contributed by atoms with Crippen molar-refractivity contribution in [2.45, 2.75) is 26.2 Å². The molecule has 0 unspecified atom stereocenters. The molecule has 0 saturated heterocycles. The number of rotatable bonds is 8. The minimum absolute atomic E-state index is 0.00318. The lowest BCUT2D eigenvalue weighted by molar-refractivity contribution is -0.128. The Morgan fingerprint density at radius 3 is 2.43 bits per heavy atom. The lowest BCUT2D eigenvalue weighted by atomic mass is 10.1. The van der Waals surface area contributed by atoms with Gasteiger partial charge < -0.3 is 15.3 Å². The number of carbonyl (C=O) groups is 2. The summed E-state index contributed by atoms with van der Waals surface area (Å²) in [5, 5.41) is 11.3. The van der Waals surface area contributed by atoms with Crippen LogP contribution < -0.4 is 5.32 Å². The van der Waals surface area contributed by atoms with Crippen molar-refractivity contribution in [2.75, 3.05) is 26.7 Å². The van der Waals surface area contributed by atoms with Crippen LogP contribution in [-0.4, -0.2) is 48.6 Å². The number of aliphatic hydroxyl groups excluding tert-OH is 1. The Balaban J connectivity index is 2.31. The Morgan fingerprint density at radius 1 is 1.14 bits per heavy atom. The number of carbonyl (C=O) groups excluding carboxylic acids is 2. The number of likely N-dealkylation sites (N-methyl/N-ethyl adjacent to an activating group) is 1. The Kier molecular flexibility index (Phi) is 7.46. The third kappa shape index (κ3) is 6.40. The molecule has 0 bridgehead atoms. The number of amides is 2. The average Bonchev–Trinajstić information content (AvgIpc) is 2.49. The fourth-order valence-corrected chi connectivity index (χ4v) is 1.86. The normalized spacial score (nSPS) is 10.2. The Hall–Kier alpha value is -1.88. The Labute approximate surface area is 126 Å². The van der Waals surface area contributed by atoms with Gasteiger partial charge in [0.25, 0.3) is 5.91 Å². The van der Waals surface area contributed by atoms with E-state index in [-0.39, 0.29) is 25.0 Å². The second-order valence-corrected chi connectivity index (χ2v) is 5.15. The molecule has 2 amide bonds. The van der Waals surface area contributed by atoms with Crippen LogP contribution in [0.15, 0.2) is 24.3 Å². The molecular formula is C16H24N2O3. The maximum absolute atomic E-state index is 11.9. The lowest BCUT2D eigenvalue weighted by Crippen LogP contribution is -2.38. The van der Waals surface area contributed by atoms with Gasteiger partial charge in [-0.25, -0.2) is 0 Å². The van der Waals surface area contributed by atoms with E-state index in [2.05, 4.69) is 5.32 Å². The standard InChI is InChI=1S/C16H24N2O3/c1-13-6-8-14(9-7-13)16(21)17-12-15(20)18(2)10-4-3-5-11-19/h6-9,19H,3-5,10-12H2,1-2H3,(H,17,21). The van der Waals surface area contributed by atoms with E-state index in [0.717, 1.165) is 24.8 Å². The minimum Gasteiger partial charge on any atom is -0.396 e. The van der Waals surface area contributed by atoms with E-state index in [1.54, 1.807) is 24.1 Å². The highest BCUT2D eigenvalue weighted by molar-refractivity contribution is 5.96.